The first-order valence-corrected chi connectivity index (χ1v) is 7.91. The van der Waals surface area contributed by atoms with Crippen molar-refractivity contribution < 1.29 is 19.1 Å². The fourth-order valence-corrected chi connectivity index (χ4v) is 1.73. The van der Waals surface area contributed by atoms with Crippen molar-refractivity contribution >= 4 is 11.9 Å². The molecular formula is C18H27NO4. The van der Waals surface area contributed by atoms with E-state index in [1.165, 1.54) is 0 Å². The number of carbonyl (C=O) groups excluding carboxylic acids is 2. The van der Waals surface area contributed by atoms with E-state index in [1.54, 1.807) is 0 Å². The molecule has 0 aliphatic heterocycles. The fraction of sp³-hybridized carbons (Fsp3) is 0.556. The maximum atomic E-state index is 11.6. The number of esters is 1. The van der Waals surface area contributed by atoms with Gasteiger partial charge in [0.05, 0.1) is 6.61 Å². The van der Waals surface area contributed by atoms with Crippen LogP contribution in [0.3, 0.4) is 0 Å². The van der Waals surface area contributed by atoms with Gasteiger partial charge in [0.1, 0.15) is 13.0 Å². The van der Waals surface area contributed by atoms with Crippen LogP contribution in [0.15, 0.2) is 30.3 Å². The quantitative estimate of drug-likeness (QED) is 0.431. The van der Waals surface area contributed by atoms with E-state index in [2.05, 4.69) is 26.1 Å². The zero-order valence-corrected chi connectivity index (χ0v) is 14.3. The number of benzene rings is 1. The Kier molecular flexibility index (Phi) is 8.33. The molecule has 0 fully saturated rings. The molecule has 1 aromatic carbocycles. The van der Waals surface area contributed by atoms with Gasteiger partial charge in [0.2, 0.25) is 5.91 Å². The molecule has 128 valence electrons. The van der Waals surface area contributed by atoms with Crippen molar-refractivity contribution in [1.82, 2.24) is 5.32 Å². The van der Waals surface area contributed by atoms with Gasteiger partial charge in [0, 0.05) is 13.2 Å². The van der Waals surface area contributed by atoms with Crippen molar-refractivity contribution in [2.24, 2.45) is 5.41 Å². The Morgan fingerprint density at radius 1 is 1.09 bits per heavy atom. The lowest BCUT2D eigenvalue weighted by atomic mass is 9.93. The van der Waals surface area contributed by atoms with E-state index in [1.807, 2.05) is 30.3 Å². The molecule has 1 N–H and O–H groups in total. The Morgan fingerprint density at radius 2 is 1.78 bits per heavy atom. The molecule has 1 aromatic rings. The van der Waals surface area contributed by atoms with Crippen LogP contribution in [0.1, 0.15) is 39.2 Å². The summed E-state index contributed by atoms with van der Waals surface area (Å²) >= 11 is 0. The minimum atomic E-state index is -0.528. The molecule has 0 atom stereocenters. The first-order chi connectivity index (χ1) is 10.9. The van der Waals surface area contributed by atoms with Crippen molar-refractivity contribution in [2.45, 2.75) is 40.2 Å². The number of ether oxygens (including phenoxy) is 2. The molecule has 5 heteroatoms. The second-order valence-corrected chi connectivity index (χ2v) is 6.60. The number of hydrogen-bond acceptors (Lipinski definition) is 4. The van der Waals surface area contributed by atoms with Gasteiger partial charge in [-0.2, -0.15) is 0 Å². The van der Waals surface area contributed by atoms with Crippen molar-refractivity contribution in [3.8, 4) is 0 Å². The summed E-state index contributed by atoms with van der Waals surface area (Å²) in [5.74, 6) is -0.873. The maximum Gasteiger partial charge on any atom is 0.315 e. The molecule has 0 saturated heterocycles. The van der Waals surface area contributed by atoms with Gasteiger partial charge in [-0.25, -0.2) is 0 Å². The van der Waals surface area contributed by atoms with E-state index in [-0.39, 0.29) is 24.3 Å². The summed E-state index contributed by atoms with van der Waals surface area (Å²) in [6.07, 6.45) is 0.696. The Labute approximate surface area is 138 Å². The van der Waals surface area contributed by atoms with Crippen LogP contribution in [0, 0.1) is 5.41 Å². The monoisotopic (exact) mass is 321 g/mol. The maximum absolute atomic E-state index is 11.6. The summed E-state index contributed by atoms with van der Waals surface area (Å²) in [4.78, 5) is 23.1. The topological polar surface area (TPSA) is 64.6 Å². The van der Waals surface area contributed by atoms with Crippen molar-refractivity contribution in [2.75, 3.05) is 19.8 Å². The third kappa shape index (κ3) is 10.5. The van der Waals surface area contributed by atoms with Gasteiger partial charge in [-0.05, 0) is 17.4 Å². The molecule has 0 bridgehead atoms. The summed E-state index contributed by atoms with van der Waals surface area (Å²) in [6, 6.07) is 9.36. The fourth-order valence-electron chi connectivity index (χ4n) is 1.73. The smallest absolute Gasteiger partial charge is 0.315 e. The minimum Gasteiger partial charge on any atom is -0.460 e. The van der Waals surface area contributed by atoms with E-state index < -0.39 is 5.97 Å². The Hall–Kier alpha value is -1.88. The number of amides is 1. The van der Waals surface area contributed by atoms with Crippen LogP contribution in [0.5, 0.6) is 0 Å². The molecule has 1 amide bonds. The molecule has 0 radical (unpaired) electrons. The highest BCUT2D eigenvalue weighted by molar-refractivity contribution is 5.94. The zero-order chi connectivity index (χ0) is 17.1. The van der Waals surface area contributed by atoms with Crippen LogP contribution in [-0.4, -0.2) is 31.6 Å². The second-order valence-electron chi connectivity index (χ2n) is 6.60. The summed E-state index contributed by atoms with van der Waals surface area (Å²) in [5.41, 5.74) is 1.14. The Bertz CT molecular complexity index is 480. The summed E-state index contributed by atoms with van der Waals surface area (Å²) in [5, 5.41) is 2.64. The Morgan fingerprint density at radius 3 is 2.43 bits per heavy atom. The Balaban J connectivity index is 2.06. The molecule has 0 saturated carbocycles. The van der Waals surface area contributed by atoms with Gasteiger partial charge in [0.25, 0.3) is 0 Å². The molecule has 0 aromatic heterocycles. The number of carbonyl (C=O) groups is 2. The van der Waals surface area contributed by atoms with Crippen molar-refractivity contribution in [3.63, 3.8) is 0 Å². The van der Waals surface area contributed by atoms with E-state index in [9.17, 15) is 9.59 Å². The molecule has 1 rings (SSSR count). The molecule has 0 spiro atoms. The summed E-state index contributed by atoms with van der Waals surface area (Å²) < 4.78 is 10.5. The third-order valence-electron chi connectivity index (χ3n) is 3.11. The normalized spacial score (nSPS) is 11.1. The second kappa shape index (κ2) is 10.0. The first kappa shape index (κ1) is 19.2. The van der Waals surface area contributed by atoms with E-state index in [0.29, 0.717) is 19.8 Å². The van der Waals surface area contributed by atoms with Crippen molar-refractivity contribution in [3.05, 3.63) is 35.9 Å². The van der Waals surface area contributed by atoms with Crippen LogP contribution in [0.4, 0.5) is 0 Å². The SMILES string of the molecule is CC(C)(C)CCOCCNC(=O)CC(=O)OCc1ccccc1. The van der Waals surface area contributed by atoms with Gasteiger partial charge >= 0.3 is 5.97 Å². The standard InChI is InChI=1S/C18H27NO4/c1-18(2,3)9-11-22-12-10-19-16(20)13-17(21)23-14-15-7-5-4-6-8-15/h4-8H,9-14H2,1-3H3,(H,19,20). The molecule has 0 aliphatic carbocycles. The van der Waals surface area contributed by atoms with Crippen LogP contribution in [0.2, 0.25) is 0 Å². The summed E-state index contributed by atoms with van der Waals surface area (Å²) in [6.45, 7) is 8.15. The number of nitrogens with one attached hydrogen (secondary N) is 1. The predicted octanol–water partition coefficient (Wildman–Crippen LogP) is 2.69. The van der Waals surface area contributed by atoms with Gasteiger partial charge in [-0.15, -0.1) is 0 Å². The van der Waals surface area contributed by atoms with E-state index >= 15 is 0 Å². The lowest BCUT2D eigenvalue weighted by Crippen LogP contribution is -2.29. The van der Waals surface area contributed by atoms with Crippen LogP contribution < -0.4 is 5.32 Å². The molecule has 23 heavy (non-hydrogen) atoms. The number of hydrogen-bond donors (Lipinski definition) is 1. The first-order valence-electron chi connectivity index (χ1n) is 7.91. The highest BCUT2D eigenvalue weighted by Gasteiger charge is 2.11. The highest BCUT2D eigenvalue weighted by atomic mass is 16.5. The van der Waals surface area contributed by atoms with Crippen LogP contribution in [-0.2, 0) is 25.7 Å². The van der Waals surface area contributed by atoms with Crippen molar-refractivity contribution in [1.29, 1.82) is 0 Å². The average Bonchev–Trinajstić information content (AvgIpc) is 2.48. The van der Waals surface area contributed by atoms with Gasteiger partial charge < -0.3 is 14.8 Å². The summed E-state index contributed by atoms with van der Waals surface area (Å²) in [7, 11) is 0. The lowest BCUT2D eigenvalue weighted by Gasteiger charge is -2.17. The van der Waals surface area contributed by atoms with Crippen LogP contribution in [0.25, 0.3) is 0 Å². The molecule has 5 nitrogen and oxygen atoms in total. The predicted molar refractivity (Wildman–Crippen MR) is 88.8 cm³/mol. The van der Waals surface area contributed by atoms with E-state index in [4.69, 9.17) is 9.47 Å². The van der Waals surface area contributed by atoms with Gasteiger partial charge in [-0.3, -0.25) is 9.59 Å². The zero-order valence-electron chi connectivity index (χ0n) is 14.3. The molecular weight excluding hydrogens is 294 g/mol. The molecule has 0 aliphatic rings. The van der Waals surface area contributed by atoms with Crippen LogP contribution >= 0.6 is 0 Å². The van der Waals surface area contributed by atoms with Gasteiger partial charge in [0.15, 0.2) is 0 Å². The van der Waals surface area contributed by atoms with E-state index in [0.717, 1.165) is 12.0 Å². The molecule has 0 heterocycles. The third-order valence-corrected chi connectivity index (χ3v) is 3.11. The largest absolute Gasteiger partial charge is 0.460 e. The van der Waals surface area contributed by atoms with Gasteiger partial charge in [-0.1, -0.05) is 51.1 Å². The average molecular weight is 321 g/mol. The highest BCUT2D eigenvalue weighted by Crippen LogP contribution is 2.17. The lowest BCUT2D eigenvalue weighted by molar-refractivity contribution is -0.147. The number of rotatable bonds is 9. The minimum absolute atomic E-state index is 0.183. The molecule has 0 unspecified atom stereocenters.